The molecule has 0 aromatic heterocycles. The van der Waals surface area contributed by atoms with Crippen molar-refractivity contribution in [3.63, 3.8) is 0 Å². The summed E-state index contributed by atoms with van der Waals surface area (Å²) in [5.41, 5.74) is 3.17. The van der Waals surface area contributed by atoms with E-state index in [-0.39, 0.29) is 0 Å². The van der Waals surface area contributed by atoms with Crippen LogP contribution in [0.4, 0.5) is 0 Å². The predicted octanol–water partition coefficient (Wildman–Crippen LogP) is 5.15. The number of ether oxygens (including phenoxy) is 2. The molecule has 0 saturated carbocycles. The molecule has 128 valence electrons. The van der Waals surface area contributed by atoms with Crippen molar-refractivity contribution in [2.24, 2.45) is 5.16 Å². The number of oxime groups is 1. The van der Waals surface area contributed by atoms with E-state index in [4.69, 9.17) is 14.7 Å². The molecule has 0 unspecified atom stereocenters. The topological polar surface area (TPSA) is 51.0 Å². The van der Waals surface area contributed by atoms with Crippen LogP contribution >= 0.6 is 15.9 Å². The third-order valence-electron chi connectivity index (χ3n) is 3.55. The van der Waals surface area contributed by atoms with Gasteiger partial charge in [0.25, 0.3) is 0 Å². The second kappa shape index (κ2) is 8.73. The van der Waals surface area contributed by atoms with Gasteiger partial charge in [0.1, 0.15) is 24.7 Å². The summed E-state index contributed by atoms with van der Waals surface area (Å²) in [4.78, 5) is 0. The van der Waals surface area contributed by atoms with Crippen molar-refractivity contribution in [3.8, 4) is 11.5 Å². The molecular formula is C19H22BrNO3. The number of hydrogen-bond acceptors (Lipinski definition) is 4. The fourth-order valence-electron chi connectivity index (χ4n) is 2.33. The summed E-state index contributed by atoms with van der Waals surface area (Å²) in [6.07, 6.45) is 1.36. The van der Waals surface area contributed by atoms with Crippen LogP contribution in [0.5, 0.6) is 11.5 Å². The first-order chi connectivity index (χ1) is 11.5. The highest BCUT2D eigenvalue weighted by molar-refractivity contribution is 9.10. The van der Waals surface area contributed by atoms with E-state index in [9.17, 15) is 0 Å². The van der Waals surface area contributed by atoms with Gasteiger partial charge in [0, 0.05) is 0 Å². The van der Waals surface area contributed by atoms with Crippen LogP contribution in [0.15, 0.2) is 46.0 Å². The molecule has 0 aliphatic heterocycles. The normalized spacial score (nSPS) is 11.2. The smallest absolute Gasteiger partial charge is 0.133 e. The molecule has 0 saturated heterocycles. The zero-order valence-corrected chi connectivity index (χ0v) is 15.7. The maximum Gasteiger partial charge on any atom is 0.133 e. The van der Waals surface area contributed by atoms with Crippen LogP contribution in [0.2, 0.25) is 0 Å². The summed E-state index contributed by atoms with van der Waals surface area (Å²) in [7, 11) is 0. The Bertz CT molecular complexity index is 714. The summed E-state index contributed by atoms with van der Waals surface area (Å²) in [5, 5.41) is 11.6. The Hall–Kier alpha value is -2.01. The summed E-state index contributed by atoms with van der Waals surface area (Å²) >= 11 is 3.45. The van der Waals surface area contributed by atoms with Gasteiger partial charge in [-0.05, 0) is 69.7 Å². The first-order valence-corrected chi connectivity index (χ1v) is 8.63. The Kier molecular flexibility index (Phi) is 6.67. The Morgan fingerprint density at radius 1 is 1.08 bits per heavy atom. The zero-order valence-electron chi connectivity index (χ0n) is 14.1. The Morgan fingerprint density at radius 3 is 2.42 bits per heavy atom. The van der Waals surface area contributed by atoms with Crippen molar-refractivity contribution in [1.82, 2.24) is 0 Å². The molecule has 0 spiro atoms. The van der Waals surface area contributed by atoms with Crippen molar-refractivity contribution in [1.29, 1.82) is 0 Å². The SMILES string of the molecule is Cc1ccc(C(C)C)c(OCCOc2ccc(C=NO)cc2Br)c1. The van der Waals surface area contributed by atoms with Crippen LogP contribution in [0.1, 0.15) is 36.5 Å². The number of halogens is 1. The Morgan fingerprint density at radius 2 is 1.79 bits per heavy atom. The van der Waals surface area contributed by atoms with E-state index in [0.717, 1.165) is 21.5 Å². The first-order valence-electron chi connectivity index (χ1n) is 7.84. The molecular weight excluding hydrogens is 370 g/mol. The largest absolute Gasteiger partial charge is 0.490 e. The van der Waals surface area contributed by atoms with Gasteiger partial charge >= 0.3 is 0 Å². The minimum Gasteiger partial charge on any atom is -0.490 e. The van der Waals surface area contributed by atoms with E-state index in [1.807, 2.05) is 18.2 Å². The quantitative estimate of drug-likeness (QED) is 0.307. The van der Waals surface area contributed by atoms with Crippen LogP contribution in [-0.2, 0) is 0 Å². The van der Waals surface area contributed by atoms with Gasteiger partial charge in [-0.1, -0.05) is 31.1 Å². The maximum atomic E-state index is 8.55. The summed E-state index contributed by atoms with van der Waals surface area (Å²) < 4.78 is 12.5. The van der Waals surface area contributed by atoms with Gasteiger partial charge in [-0.3, -0.25) is 0 Å². The lowest BCUT2D eigenvalue weighted by Crippen LogP contribution is -2.10. The molecule has 2 rings (SSSR count). The average Bonchev–Trinajstić information content (AvgIpc) is 2.53. The zero-order chi connectivity index (χ0) is 17.5. The van der Waals surface area contributed by atoms with Crippen LogP contribution < -0.4 is 9.47 Å². The number of benzene rings is 2. The fourth-order valence-corrected chi connectivity index (χ4v) is 2.84. The highest BCUT2D eigenvalue weighted by Gasteiger charge is 2.08. The van der Waals surface area contributed by atoms with E-state index in [0.29, 0.717) is 19.1 Å². The summed E-state index contributed by atoms with van der Waals surface area (Å²) in [6, 6.07) is 11.8. The number of nitrogens with zero attached hydrogens (tertiary/aromatic N) is 1. The molecule has 2 aromatic rings. The lowest BCUT2D eigenvalue weighted by Gasteiger charge is -2.15. The van der Waals surface area contributed by atoms with E-state index >= 15 is 0 Å². The van der Waals surface area contributed by atoms with Crippen LogP contribution in [0.3, 0.4) is 0 Å². The van der Waals surface area contributed by atoms with Crippen molar-refractivity contribution < 1.29 is 14.7 Å². The molecule has 1 N–H and O–H groups in total. The van der Waals surface area contributed by atoms with Crippen molar-refractivity contribution in [2.45, 2.75) is 26.7 Å². The maximum absolute atomic E-state index is 8.55. The van der Waals surface area contributed by atoms with Gasteiger partial charge in [-0.15, -0.1) is 0 Å². The minimum atomic E-state index is 0.413. The summed E-state index contributed by atoms with van der Waals surface area (Å²) in [6.45, 7) is 7.28. The minimum absolute atomic E-state index is 0.413. The third kappa shape index (κ3) is 4.99. The molecule has 4 nitrogen and oxygen atoms in total. The van der Waals surface area contributed by atoms with E-state index in [2.05, 4.69) is 60.1 Å². The molecule has 5 heteroatoms. The van der Waals surface area contributed by atoms with Crippen molar-refractivity contribution in [3.05, 3.63) is 57.6 Å². The standard InChI is InChI=1S/C19H22BrNO3/c1-13(2)16-6-4-14(3)10-19(16)24-9-8-23-18-7-5-15(12-21-22)11-17(18)20/h4-7,10-13,22H,8-9H2,1-3H3. The molecule has 0 fully saturated rings. The number of aryl methyl sites for hydroxylation is 1. The van der Waals surface area contributed by atoms with Crippen LogP contribution in [0.25, 0.3) is 0 Å². The molecule has 0 aliphatic carbocycles. The fraction of sp³-hybridized carbons (Fsp3) is 0.316. The molecule has 24 heavy (non-hydrogen) atoms. The number of rotatable bonds is 7. The highest BCUT2D eigenvalue weighted by Crippen LogP contribution is 2.28. The lowest BCUT2D eigenvalue weighted by atomic mass is 10.0. The van der Waals surface area contributed by atoms with Gasteiger partial charge in [-0.2, -0.15) is 0 Å². The molecule has 0 amide bonds. The van der Waals surface area contributed by atoms with Gasteiger partial charge in [-0.25, -0.2) is 0 Å². The van der Waals surface area contributed by atoms with Gasteiger partial charge < -0.3 is 14.7 Å². The lowest BCUT2D eigenvalue weighted by molar-refractivity contribution is 0.214. The predicted molar refractivity (Wildman–Crippen MR) is 99.8 cm³/mol. The Labute approximate surface area is 151 Å². The van der Waals surface area contributed by atoms with Gasteiger partial charge in [0.05, 0.1) is 10.7 Å². The van der Waals surface area contributed by atoms with E-state index < -0.39 is 0 Å². The average molecular weight is 392 g/mol. The molecule has 0 radical (unpaired) electrons. The monoisotopic (exact) mass is 391 g/mol. The first kappa shape index (κ1) is 18.3. The third-order valence-corrected chi connectivity index (χ3v) is 4.17. The van der Waals surface area contributed by atoms with Gasteiger partial charge in [0.2, 0.25) is 0 Å². The highest BCUT2D eigenvalue weighted by atomic mass is 79.9. The van der Waals surface area contributed by atoms with E-state index in [1.54, 1.807) is 0 Å². The van der Waals surface area contributed by atoms with Crippen molar-refractivity contribution >= 4 is 22.1 Å². The van der Waals surface area contributed by atoms with Gasteiger partial charge in [0.15, 0.2) is 0 Å². The van der Waals surface area contributed by atoms with Crippen molar-refractivity contribution in [2.75, 3.05) is 13.2 Å². The Balaban J connectivity index is 1.93. The number of hydrogen-bond donors (Lipinski definition) is 1. The molecule has 2 aromatic carbocycles. The molecule has 0 bridgehead atoms. The van der Waals surface area contributed by atoms with E-state index in [1.165, 1.54) is 17.3 Å². The second-order valence-electron chi connectivity index (χ2n) is 5.83. The summed E-state index contributed by atoms with van der Waals surface area (Å²) in [5.74, 6) is 2.06. The van der Waals surface area contributed by atoms with Crippen LogP contribution in [-0.4, -0.2) is 24.6 Å². The second-order valence-corrected chi connectivity index (χ2v) is 6.68. The van der Waals surface area contributed by atoms with Crippen LogP contribution in [0, 0.1) is 6.92 Å². The molecule has 0 heterocycles. The molecule has 0 aliphatic rings. The molecule has 0 atom stereocenters.